The van der Waals surface area contributed by atoms with Crippen LogP contribution < -0.4 is 5.32 Å². The van der Waals surface area contributed by atoms with Gasteiger partial charge in [-0.3, -0.25) is 4.90 Å². The summed E-state index contributed by atoms with van der Waals surface area (Å²) in [6.45, 7) is 12.3. The molecule has 0 aromatic carbocycles. The predicted octanol–water partition coefficient (Wildman–Crippen LogP) is 2.27. The van der Waals surface area contributed by atoms with E-state index in [1.807, 2.05) is 17.5 Å². The third-order valence-corrected chi connectivity index (χ3v) is 4.27. The van der Waals surface area contributed by atoms with E-state index in [9.17, 15) is 0 Å². The molecule has 0 bridgehead atoms. The average Bonchev–Trinajstić information content (AvgIpc) is 2.67. The lowest BCUT2D eigenvalue weighted by Gasteiger charge is -2.26. The van der Waals surface area contributed by atoms with Gasteiger partial charge in [-0.05, 0) is 5.41 Å². The number of nitrogens with zero attached hydrogens (tertiary/aromatic N) is 2. The lowest BCUT2D eigenvalue weighted by atomic mass is 9.96. The molecule has 0 radical (unpaired) electrons. The molecule has 1 aliphatic heterocycles. The Morgan fingerprint density at radius 3 is 2.53 bits per heavy atom. The minimum atomic E-state index is 0. The number of thiazole rings is 1. The standard InChI is InChI=1S/C12H21N3S.ClH/c1-12(2,3)10-8-14-11(16-10)9-15-6-4-13-5-7-15;/h8,13H,4-7,9H2,1-3H3;1H. The van der Waals surface area contributed by atoms with E-state index in [1.165, 1.54) is 9.88 Å². The molecule has 0 saturated carbocycles. The second kappa shape index (κ2) is 6.14. The summed E-state index contributed by atoms with van der Waals surface area (Å²) in [7, 11) is 0. The molecule has 0 unspecified atom stereocenters. The van der Waals surface area contributed by atoms with Crippen molar-refractivity contribution < 1.29 is 0 Å². The molecule has 0 aliphatic carbocycles. The van der Waals surface area contributed by atoms with Gasteiger partial charge in [0.25, 0.3) is 0 Å². The number of hydrogen-bond donors (Lipinski definition) is 1. The third kappa shape index (κ3) is 4.21. The van der Waals surface area contributed by atoms with Crippen LogP contribution in [0.25, 0.3) is 0 Å². The Morgan fingerprint density at radius 1 is 1.35 bits per heavy atom. The number of halogens is 1. The van der Waals surface area contributed by atoms with E-state index < -0.39 is 0 Å². The van der Waals surface area contributed by atoms with E-state index in [0.717, 1.165) is 32.7 Å². The number of rotatable bonds is 2. The Balaban J connectivity index is 0.00000144. The fourth-order valence-corrected chi connectivity index (χ4v) is 2.81. The highest BCUT2D eigenvalue weighted by atomic mass is 35.5. The Bertz CT molecular complexity index is 340. The van der Waals surface area contributed by atoms with Crippen molar-refractivity contribution in [2.24, 2.45) is 0 Å². The zero-order valence-corrected chi connectivity index (χ0v) is 12.5. The van der Waals surface area contributed by atoms with Crippen molar-refractivity contribution in [3.05, 3.63) is 16.1 Å². The van der Waals surface area contributed by atoms with Gasteiger partial charge in [-0.1, -0.05) is 20.8 Å². The molecule has 2 rings (SSSR count). The second-order valence-electron chi connectivity index (χ2n) is 5.39. The first-order valence-corrected chi connectivity index (χ1v) is 6.75. The van der Waals surface area contributed by atoms with Crippen LogP contribution in [0.15, 0.2) is 6.20 Å². The van der Waals surface area contributed by atoms with E-state index in [0.29, 0.717) is 0 Å². The molecule has 5 heteroatoms. The van der Waals surface area contributed by atoms with Crippen LogP contribution in [0.2, 0.25) is 0 Å². The van der Waals surface area contributed by atoms with Crippen molar-refractivity contribution in [1.82, 2.24) is 15.2 Å². The molecule has 2 heterocycles. The van der Waals surface area contributed by atoms with E-state index in [-0.39, 0.29) is 17.8 Å². The van der Waals surface area contributed by atoms with Gasteiger partial charge in [0.1, 0.15) is 5.01 Å². The molecule has 1 saturated heterocycles. The van der Waals surface area contributed by atoms with Crippen LogP contribution >= 0.6 is 23.7 Å². The van der Waals surface area contributed by atoms with Crippen LogP contribution in [0.5, 0.6) is 0 Å². The highest BCUT2D eigenvalue weighted by Gasteiger charge is 2.18. The summed E-state index contributed by atoms with van der Waals surface area (Å²) in [4.78, 5) is 8.39. The van der Waals surface area contributed by atoms with E-state index in [2.05, 4.69) is 36.0 Å². The van der Waals surface area contributed by atoms with Crippen LogP contribution in [-0.4, -0.2) is 36.1 Å². The van der Waals surface area contributed by atoms with E-state index >= 15 is 0 Å². The maximum atomic E-state index is 4.53. The zero-order chi connectivity index (χ0) is 11.6. The molecule has 1 aliphatic rings. The van der Waals surface area contributed by atoms with Gasteiger partial charge in [-0.2, -0.15) is 0 Å². The number of aromatic nitrogens is 1. The van der Waals surface area contributed by atoms with Crippen molar-refractivity contribution in [3.8, 4) is 0 Å². The highest BCUT2D eigenvalue weighted by molar-refractivity contribution is 7.11. The topological polar surface area (TPSA) is 28.2 Å². The van der Waals surface area contributed by atoms with Crippen LogP contribution in [0.1, 0.15) is 30.7 Å². The summed E-state index contributed by atoms with van der Waals surface area (Å²) >= 11 is 1.86. The molecule has 1 aromatic rings. The van der Waals surface area contributed by atoms with Gasteiger partial charge in [0.2, 0.25) is 0 Å². The van der Waals surface area contributed by atoms with Gasteiger partial charge in [0, 0.05) is 37.3 Å². The first kappa shape index (κ1) is 14.9. The summed E-state index contributed by atoms with van der Waals surface area (Å²) in [6, 6.07) is 0. The largest absolute Gasteiger partial charge is 0.314 e. The molecular weight excluding hydrogens is 254 g/mol. The van der Waals surface area contributed by atoms with Gasteiger partial charge in [-0.25, -0.2) is 4.98 Å². The Hall–Kier alpha value is -0.160. The Kier molecular flexibility index (Phi) is 5.38. The van der Waals surface area contributed by atoms with E-state index in [1.54, 1.807) is 0 Å². The second-order valence-corrected chi connectivity index (χ2v) is 6.51. The van der Waals surface area contributed by atoms with E-state index in [4.69, 9.17) is 0 Å². The molecule has 0 atom stereocenters. The first-order valence-electron chi connectivity index (χ1n) is 5.94. The minimum absolute atomic E-state index is 0. The van der Waals surface area contributed by atoms with Crippen molar-refractivity contribution in [3.63, 3.8) is 0 Å². The lowest BCUT2D eigenvalue weighted by Crippen LogP contribution is -2.42. The fraction of sp³-hybridized carbons (Fsp3) is 0.750. The molecule has 98 valence electrons. The van der Waals surface area contributed by atoms with Crippen molar-refractivity contribution in [2.45, 2.75) is 32.7 Å². The number of nitrogens with one attached hydrogen (secondary N) is 1. The molecule has 1 N–H and O–H groups in total. The van der Waals surface area contributed by atoms with Crippen LogP contribution in [0, 0.1) is 0 Å². The maximum Gasteiger partial charge on any atom is 0.107 e. The van der Waals surface area contributed by atoms with Crippen LogP contribution in [0.4, 0.5) is 0 Å². The smallest absolute Gasteiger partial charge is 0.107 e. The molecule has 0 amide bonds. The summed E-state index contributed by atoms with van der Waals surface area (Å²) < 4.78 is 0. The number of hydrogen-bond acceptors (Lipinski definition) is 4. The predicted molar refractivity (Wildman–Crippen MR) is 76.2 cm³/mol. The fourth-order valence-electron chi connectivity index (χ4n) is 1.79. The minimum Gasteiger partial charge on any atom is -0.314 e. The van der Waals surface area contributed by atoms with Crippen LogP contribution in [0.3, 0.4) is 0 Å². The van der Waals surface area contributed by atoms with Gasteiger partial charge >= 0.3 is 0 Å². The summed E-state index contributed by atoms with van der Waals surface area (Å²) in [5.41, 5.74) is 0.235. The molecule has 0 spiro atoms. The maximum absolute atomic E-state index is 4.53. The SMILES string of the molecule is CC(C)(C)c1cnc(CN2CCNCC2)s1.Cl. The Morgan fingerprint density at radius 2 is 2.00 bits per heavy atom. The average molecular weight is 276 g/mol. The lowest BCUT2D eigenvalue weighted by molar-refractivity contribution is 0.233. The molecule has 3 nitrogen and oxygen atoms in total. The van der Waals surface area contributed by atoms with Gasteiger partial charge in [0.05, 0.1) is 6.54 Å². The van der Waals surface area contributed by atoms with Crippen LogP contribution in [-0.2, 0) is 12.0 Å². The van der Waals surface area contributed by atoms with Gasteiger partial charge in [0.15, 0.2) is 0 Å². The van der Waals surface area contributed by atoms with Gasteiger partial charge in [-0.15, -0.1) is 23.7 Å². The van der Waals surface area contributed by atoms with Crippen molar-refractivity contribution in [1.29, 1.82) is 0 Å². The van der Waals surface area contributed by atoms with Crippen molar-refractivity contribution in [2.75, 3.05) is 26.2 Å². The quantitative estimate of drug-likeness (QED) is 0.898. The monoisotopic (exact) mass is 275 g/mol. The first-order chi connectivity index (χ1) is 7.55. The Labute approximate surface area is 114 Å². The summed E-state index contributed by atoms with van der Waals surface area (Å²) in [6.07, 6.45) is 2.04. The molecular formula is C12H22ClN3S. The normalized spacial score (nSPS) is 17.8. The number of piperazine rings is 1. The van der Waals surface area contributed by atoms with Gasteiger partial charge < -0.3 is 5.32 Å². The molecule has 17 heavy (non-hydrogen) atoms. The summed E-state index contributed by atoms with van der Waals surface area (Å²) in [5.74, 6) is 0. The molecule has 1 aromatic heterocycles. The highest BCUT2D eigenvalue weighted by Crippen LogP contribution is 2.28. The molecule has 1 fully saturated rings. The third-order valence-electron chi connectivity index (χ3n) is 2.86. The summed E-state index contributed by atoms with van der Waals surface area (Å²) in [5, 5.41) is 4.63. The van der Waals surface area contributed by atoms with Crippen molar-refractivity contribution >= 4 is 23.7 Å². The zero-order valence-electron chi connectivity index (χ0n) is 10.8.